The van der Waals surface area contributed by atoms with Crippen LogP contribution in [-0.4, -0.2) is 17.7 Å². The third kappa shape index (κ3) is 4.63. The number of amides is 2. The number of hydrogen-bond acceptors (Lipinski definition) is 3. The van der Waals surface area contributed by atoms with Crippen LogP contribution in [0.1, 0.15) is 50.3 Å². The summed E-state index contributed by atoms with van der Waals surface area (Å²) in [5.74, 6) is 1.39. The smallest absolute Gasteiger partial charge is 0.319 e. The summed E-state index contributed by atoms with van der Waals surface area (Å²) >= 11 is 0. The van der Waals surface area contributed by atoms with Crippen LogP contribution in [0.3, 0.4) is 0 Å². The molecule has 1 heterocycles. The highest BCUT2D eigenvalue weighted by molar-refractivity contribution is 5.90. The Balaban J connectivity index is 2.06. The van der Waals surface area contributed by atoms with Crippen LogP contribution in [0.25, 0.3) is 0 Å². The van der Waals surface area contributed by atoms with Gasteiger partial charge in [0.05, 0.1) is 6.54 Å². The highest BCUT2D eigenvalue weighted by Gasteiger charge is 2.28. The second kappa shape index (κ2) is 6.92. The number of furan rings is 1. The average molecular weight is 344 g/mol. The van der Waals surface area contributed by atoms with Gasteiger partial charge in [-0.2, -0.15) is 0 Å². The molecule has 1 aromatic carbocycles. The minimum absolute atomic E-state index is 0.0797. The maximum Gasteiger partial charge on any atom is 0.319 e. The van der Waals surface area contributed by atoms with Crippen LogP contribution in [0.15, 0.2) is 34.7 Å². The van der Waals surface area contributed by atoms with Gasteiger partial charge in [0, 0.05) is 11.3 Å². The molecule has 0 aliphatic carbocycles. The number of nitrogens with one attached hydrogen (secondary N) is 2. The van der Waals surface area contributed by atoms with Gasteiger partial charge in [-0.15, -0.1) is 0 Å². The van der Waals surface area contributed by atoms with Crippen LogP contribution < -0.4 is 10.6 Å². The molecule has 2 rings (SSSR count). The molecular formula is C20H28N2O3. The van der Waals surface area contributed by atoms with Gasteiger partial charge in [-0.1, -0.05) is 39.0 Å². The minimum atomic E-state index is -1.21. The molecule has 1 unspecified atom stereocenters. The average Bonchev–Trinajstić information content (AvgIpc) is 2.84. The van der Waals surface area contributed by atoms with Crippen LogP contribution in [0, 0.1) is 13.8 Å². The van der Waals surface area contributed by atoms with Crippen LogP contribution in [0.4, 0.5) is 10.5 Å². The van der Waals surface area contributed by atoms with Crippen molar-refractivity contribution in [2.24, 2.45) is 0 Å². The fraction of sp³-hybridized carbons (Fsp3) is 0.450. The number of aryl methyl sites for hydroxylation is 2. The number of carbonyl (C=O) groups excluding carboxylic acids is 1. The van der Waals surface area contributed by atoms with Crippen LogP contribution in [0.2, 0.25) is 0 Å². The Morgan fingerprint density at radius 2 is 1.76 bits per heavy atom. The monoisotopic (exact) mass is 344 g/mol. The summed E-state index contributed by atoms with van der Waals surface area (Å²) in [6, 6.07) is 9.17. The van der Waals surface area contributed by atoms with E-state index in [9.17, 15) is 9.90 Å². The summed E-state index contributed by atoms with van der Waals surface area (Å²) in [5.41, 5.74) is 1.21. The molecule has 0 saturated carbocycles. The molecule has 0 radical (unpaired) electrons. The number of aliphatic hydroxyl groups is 1. The molecule has 3 N–H and O–H groups in total. The van der Waals surface area contributed by atoms with Crippen molar-refractivity contribution in [3.63, 3.8) is 0 Å². The predicted octanol–water partition coefficient (Wildman–Crippen LogP) is 4.22. The van der Waals surface area contributed by atoms with Gasteiger partial charge >= 0.3 is 6.03 Å². The van der Waals surface area contributed by atoms with E-state index in [0.29, 0.717) is 11.3 Å². The molecule has 0 bridgehead atoms. The van der Waals surface area contributed by atoms with Crippen molar-refractivity contribution in [3.05, 3.63) is 53.0 Å². The largest absolute Gasteiger partial charge is 0.466 e. The van der Waals surface area contributed by atoms with E-state index in [0.717, 1.165) is 17.0 Å². The molecule has 2 aromatic rings. The van der Waals surface area contributed by atoms with Crippen molar-refractivity contribution >= 4 is 11.7 Å². The second-order valence-corrected chi connectivity index (χ2v) is 7.70. The van der Waals surface area contributed by atoms with Crippen molar-refractivity contribution in [2.45, 2.75) is 52.6 Å². The SMILES string of the molecule is Cc1cc(C(C)(O)CNC(=O)Nc2ccccc2C(C)(C)C)c(C)o1. The number of anilines is 1. The molecule has 0 fully saturated rings. The molecule has 136 valence electrons. The third-order valence-electron chi connectivity index (χ3n) is 4.20. The first-order valence-electron chi connectivity index (χ1n) is 8.45. The number of hydrogen-bond donors (Lipinski definition) is 3. The van der Waals surface area contributed by atoms with Crippen LogP contribution >= 0.6 is 0 Å². The Morgan fingerprint density at radius 1 is 1.12 bits per heavy atom. The summed E-state index contributed by atoms with van der Waals surface area (Å²) in [7, 11) is 0. The zero-order valence-corrected chi connectivity index (χ0v) is 15.9. The molecule has 0 spiro atoms. The minimum Gasteiger partial charge on any atom is -0.466 e. The van der Waals surface area contributed by atoms with E-state index in [1.165, 1.54) is 0 Å². The van der Waals surface area contributed by atoms with E-state index in [1.54, 1.807) is 19.9 Å². The summed E-state index contributed by atoms with van der Waals surface area (Å²) in [6.07, 6.45) is 0. The lowest BCUT2D eigenvalue weighted by Gasteiger charge is -2.25. The predicted molar refractivity (Wildman–Crippen MR) is 99.9 cm³/mol. The van der Waals surface area contributed by atoms with E-state index in [2.05, 4.69) is 31.4 Å². The first kappa shape index (κ1) is 19.1. The molecule has 1 atom stereocenters. The Morgan fingerprint density at radius 3 is 2.32 bits per heavy atom. The lowest BCUT2D eigenvalue weighted by Crippen LogP contribution is -2.41. The molecule has 2 amide bonds. The molecule has 5 nitrogen and oxygen atoms in total. The Hall–Kier alpha value is -2.27. The quantitative estimate of drug-likeness (QED) is 0.777. The zero-order valence-electron chi connectivity index (χ0n) is 15.9. The van der Waals surface area contributed by atoms with Crippen molar-refractivity contribution in [3.8, 4) is 0 Å². The van der Waals surface area contributed by atoms with E-state index in [-0.39, 0.29) is 18.0 Å². The Labute approximate surface area is 149 Å². The summed E-state index contributed by atoms with van der Waals surface area (Å²) in [6.45, 7) is 11.7. The lowest BCUT2D eigenvalue weighted by molar-refractivity contribution is 0.0584. The number of carbonyl (C=O) groups is 1. The number of para-hydroxylation sites is 1. The van der Waals surface area contributed by atoms with E-state index in [1.807, 2.05) is 31.2 Å². The van der Waals surface area contributed by atoms with Crippen molar-refractivity contribution < 1.29 is 14.3 Å². The fourth-order valence-electron chi connectivity index (χ4n) is 2.93. The summed E-state index contributed by atoms with van der Waals surface area (Å²) < 4.78 is 5.47. The summed E-state index contributed by atoms with van der Waals surface area (Å²) in [4.78, 5) is 12.3. The first-order valence-corrected chi connectivity index (χ1v) is 8.45. The Bertz CT molecular complexity index is 755. The van der Waals surface area contributed by atoms with Crippen molar-refractivity contribution in [1.29, 1.82) is 0 Å². The second-order valence-electron chi connectivity index (χ2n) is 7.70. The number of rotatable bonds is 4. The standard InChI is InChI=1S/C20H28N2O3/c1-13-11-16(14(2)25-13)20(6,24)12-21-18(23)22-17-10-8-7-9-15(17)19(3,4)5/h7-11,24H,12H2,1-6H3,(H2,21,22,23). The molecule has 0 aliphatic rings. The van der Waals surface area contributed by atoms with Gasteiger partial charge in [-0.3, -0.25) is 0 Å². The molecule has 25 heavy (non-hydrogen) atoms. The highest BCUT2D eigenvalue weighted by Crippen LogP contribution is 2.29. The lowest BCUT2D eigenvalue weighted by atomic mass is 9.86. The first-order chi connectivity index (χ1) is 11.5. The molecular weight excluding hydrogens is 316 g/mol. The van der Waals surface area contributed by atoms with Gasteiger partial charge < -0.3 is 20.2 Å². The van der Waals surface area contributed by atoms with Gasteiger partial charge in [-0.05, 0) is 43.9 Å². The zero-order chi connectivity index (χ0) is 18.8. The van der Waals surface area contributed by atoms with E-state index < -0.39 is 5.60 Å². The molecule has 5 heteroatoms. The molecule has 1 aromatic heterocycles. The van der Waals surface area contributed by atoms with Gasteiger partial charge in [0.1, 0.15) is 17.1 Å². The highest BCUT2D eigenvalue weighted by atomic mass is 16.3. The number of benzene rings is 1. The van der Waals surface area contributed by atoms with Crippen molar-refractivity contribution in [2.75, 3.05) is 11.9 Å². The van der Waals surface area contributed by atoms with Crippen molar-refractivity contribution in [1.82, 2.24) is 5.32 Å². The van der Waals surface area contributed by atoms with Gasteiger partial charge in [0.15, 0.2) is 0 Å². The van der Waals surface area contributed by atoms with Crippen LogP contribution in [-0.2, 0) is 11.0 Å². The topological polar surface area (TPSA) is 74.5 Å². The van der Waals surface area contributed by atoms with E-state index >= 15 is 0 Å². The fourth-order valence-corrected chi connectivity index (χ4v) is 2.93. The van der Waals surface area contributed by atoms with Gasteiger partial charge in [-0.25, -0.2) is 4.79 Å². The maximum absolute atomic E-state index is 12.3. The maximum atomic E-state index is 12.3. The third-order valence-corrected chi connectivity index (χ3v) is 4.20. The van der Waals surface area contributed by atoms with Crippen LogP contribution in [0.5, 0.6) is 0 Å². The van der Waals surface area contributed by atoms with E-state index in [4.69, 9.17) is 4.42 Å². The normalized spacial score (nSPS) is 14.0. The van der Waals surface area contributed by atoms with Gasteiger partial charge in [0.25, 0.3) is 0 Å². The summed E-state index contributed by atoms with van der Waals surface area (Å²) in [5, 5.41) is 16.3. The molecule has 0 saturated heterocycles. The Kier molecular flexibility index (Phi) is 5.28. The molecule has 0 aliphatic heterocycles. The van der Waals surface area contributed by atoms with Gasteiger partial charge in [0.2, 0.25) is 0 Å². The number of urea groups is 1.